The number of carboxylic acids is 1. The Morgan fingerprint density at radius 2 is 2.04 bits per heavy atom. The minimum absolute atomic E-state index is 0.124. The Labute approximate surface area is 141 Å². The zero-order valence-corrected chi connectivity index (χ0v) is 14.3. The number of nitrogens with one attached hydrogen (secondary N) is 1. The number of rotatable bonds is 8. The first kappa shape index (κ1) is 18.0. The molecule has 2 rings (SSSR count). The smallest absolute Gasteiger partial charge is 0.305 e. The van der Waals surface area contributed by atoms with Gasteiger partial charge in [-0.2, -0.15) is 0 Å². The molecule has 1 heterocycles. The summed E-state index contributed by atoms with van der Waals surface area (Å²) < 4.78 is 7.07. The molecule has 6 heteroatoms. The van der Waals surface area contributed by atoms with Crippen LogP contribution in [0.1, 0.15) is 37.2 Å². The van der Waals surface area contributed by atoms with Crippen molar-refractivity contribution < 1.29 is 19.4 Å². The molecule has 0 saturated carbocycles. The molecule has 1 aromatic heterocycles. The summed E-state index contributed by atoms with van der Waals surface area (Å²) in [7, 11) is 1.49. The van der Waals surface area contributed by atoms with Crippen LogP contribution in [-0.2, 0) is 16.1 Å². The Hall–Kier alpha value is -2.34. The third kappa shape index (κ3) is 3.94. The summed E-state index contributed by atoms with van der Waals surface area (Å²) in [6.07, 6.45) is 0.685. The number of aryl methyl sites for hydroxylation is 1. The van der Waals surface area contributed by atoms with Gasteiger partial charge in [0, 0.05) is 24.6 Å². The van der Waals surface area contributed by atoms with Crippen LogP contribution in [0.2, 0.25) is 0 Å². The minimum Gasteiger partial charge on any atom is -0.481 e. The first-order valence-corrected chi connectivity index (χ1v) is 8.01. The maximum atomic E-state index is 12.8. The summed E-state index contributed by atoms with van der Waals surface area (Å²) in [4.78, 5) is 23.9. The number of ether oxygens (including phenoxy) is 1. The topological polar surface area (TPSA) is 80.6 Å². The molecule has 1 atom stereocenters. The summed E-state index contributed by atoms with van der Waals surface area (Å²) in [5.41, 5.74) is 0.562. The zero-order chi connectivity index (χ0) is 17.7. The second-order valence-corrected chi connectivity index (χ2v) is 6.26. The van der Waals surface area contributed by atoms with E-state index in [9.17, 15) is 9.59 Å². The highest BCUT2D eigenvalue weighted by molar-refractivity contribution is 5.99. The number of carboxylic acid groups (broad SMARTS) is 1. The molecule has 0 aliphatic rings. The Kier molecular flexibility index (Phi) is 5.62. The van der Waals surface area contributed by atoms with E-state index in [1.807, 2.05) is 34.9 Å². The first-order chi connectivity index (χ1) is 11.4. The van der Waals surface area contributed by atoms with Gasteiger partial charge in [-0.15, -0.1) is 0 Å². The van der Waals surface area contributed by atoms with Crippen LogP contribution in [0.4, 0.5) is 0 Å². The van der Waals surface area contributed by atoms with Gasteiger partial charge in [0.2, 0.25) is 0 Å². The number of carbonyl (C=O) groups is 2. The molecule has 0 saturated heterocycles. The quantitative estimate of drug-likeness (QED) is 0.779. The van der Waals surface area contributed by atoms with E-state index in [1.54, 1.807) is 6.92 Å². The molecule has 2 aromatic rings. The normalized spacial score (nSPS) is 13.6. The molecular formula is C18H24N2O4. The second kappa shape index (κ2) is 7.49. The zero-order valence-electron chi connectivity index (χ0n) is 14.3. The van der Waals surface area contributed by atoms with Gasteiger partial charge < -0.3 is 19.7 Å². The number of aromatic nitrogens is 1. The predicted octanol–water partition coefficient (Wildman–Crippen LogP) is 2.66. The molecule has 24 heavy (non-hydrogen) atoms. The fourth-order valence-electron chi connectivity index (χ4n) is 2.98. The van der Waals surface area contributed by atoms with E-state index in [-0.39, 0.29) is 18.9 Å². The Bertz CT molecular complexity index is 738. The molecule has 1 aromatic carbocycles. The van der Waals surface area contributed by atoms with Gasteiger partial charge in [-0.1, -0.05) is 25.1 Å². The molecule has 0 bridgehead atoms. The molecule has 0 fully saturated rings. The van der Waals surface area contributed by atoms with E-state index in [4.69, 9.17) is 9.84 Å². The Morgan fingerprint density at radius 3 is 2.67 bits per heavy atom. The number of nitrogens with zero attached hydrogens (tertiary/aromatic N) is 1. The van der Waals surface area contributed by atoms with Crippen molar-refractivity contribution in [1.29, 1.82) is 0 Å². The lowest BCUT2D eigenvalue weighted by atomic mass is 9.98. The highest BCUT2D eigenvalue weighted by Gasteiger charge is 2.31. The number of hydrogen-bond acceptors (Lipinski definition) is 3. The predicted molar refractivity (Wildman–Crippen MR) is 92.2 cm³/mol. The summed E-state index contributed by atoms with van der Waals surface area (Å²) in [5, 5.41) is 12.9. The maximum absolute atomic E-state index is 12.8. The lowest BCUT2D eigenvalue weighted by Crippen LogP contribution is -2.51. The van der Waals surface area contributed by atoms with Gasteiger partial charge in [-0.05, 0) is 25.5 Å². The van der Waals surface area contributed by atoms with Gasteiger partial charge in [0.05, 0.1) is 18.6 Å². The van der Waals surface area contributed by atoms with Crippen molar-refractivity contribution in [2.24, 2.45) is 0 Å². The van der Waals surface area contributed by atoms with Crippen molar-refractivity contribution in [2.75, 3.05) is 13.7 Å². The van der Waals surface area contributed by atoms with E-state index < -0.39 is 11.5 Å². The van der Waals surface area contributed by atoms with Crippen LogP contribution in [0.25, 0.3) is 10.9 Å². The van der Waals surface area contributed by atoms with Crippen LogP contribution in [0.15, 0.2) is 30.3 Å². The van der Waals surface area contributed by atoms with Gasteiger partial charge in [-0.3, -0.25) is 9.59 Å². The number of para-hydroxylation sites is 1. The van der Waals surface area contributed by atoms with Crippen LogP contribution >= 0.6 is 0 Å². The van der Waals surface area contributed by atoms with Crippen molar-refractivity contribution >= 4 is 22.8 Å². The van der Waals surface area contributed by atoms with Crippen molar-refractivity contribution in [1.82, 2.24) is 9.88 Å². The van der Waals surface area contributed by atoms with Crippen LogP contribution in [0.3, 0.4) is 0 Å². The van der Waals surface area contributed by atoms with Crippen LogP contribution in [0.5, 0.6) is 0 Å². The molecular weight excluding hydrogens is 308 g/mol. The largest absolute Gasteiger partial charge is 0.481 e. The molecule has 1 amide bonds. The van der Waals surface area contributed by atoms with Gasteiger partial charge >= 0.3 is 5.97 Å². The van der Waals surface area contributed by atoms with Crippen molar-refractivity contribution in [2.45, 2.75) is 38.8 Å². The lowest BCUT2D eigenvalue weighted by Gasteiger charge is -2.28. The number of fused-ring (bicyclic) bond motifs is 1. The monoisotopic (exact) mass is 332 g/mol. The third-order valence-electron chi connectivity index (χ3n) is 3.91. The molecule has 1 unspecified atom stereocenters. The second-order valence-electron chi connectivity index (χ2n) is 6.26. The lowest BCUT2D eigenvalue weighted by molar-refractivity contribution is -0.139. The fraction of sp³-hybridized carbons (Fsp3) is 0.444. The molecule has 2 N–H and O–H groups in total. The highest BCUT2D eigenvalue weighted by Crippen LogP contribution is 2.21. The van der Waals surface area contributed by atoms with E-state index >= 15 is 0 Å². The molecule has 0 spiro atoms. The molecule has 0 radical (unpaired) electrons. The Morgan fingerprint density at radius 1 is 1.33 bits per heavy atom. The van der Waals surface area contributed by atoms with Gasteiger partial charge in [0.1, 0.15) is 5.69 Å². The van der Waals surface area contributed by atoms with Gasteiger partial charge in [0.25, 0.3) is 5.91 Å². The van der Waals surface area contributed by atoms with Gasteiger partial charge in [0.15, 0.2) is 0 Å². The minimum atomic E-state index is -0.982. The van der Waals surface area contributed by atoms with E-state index in [2.05, 4.69) is 12.2 Å². The standard InChI is InChI=1S/C18H24N2O4/c1-4-9-20-14-8-6-5-7-13(14)10-15(20)17(23)19-18(2,12-24-3)11-16(21)22/h5-8,10H,4,9,11-12H2,1-3H3,(H,19,23)(H,21,22). The first-order valence-electron chi connectivity index (χ1n) is 8.01. The molecule has 0 aliphatic heterocycles. The fourth-order valence-corrected chi connectivity index (χ4v) is 2.98. The highest BCUT2D eigenvalue weighted by atomic mass is 16.5. The third-order valence-corrected chi connectivity index (χ3v) is 3.91. The summed E-state index contributed by atoms with van der Waals surface area (Å²) in [6.45, 7) is 4.57. The van der Waals surface area contributed by atoms with Crippen molar-refractivity contribution in [3.63, 3.8) is 0 Å². The SMILES string of the molecule is CCCn1c(C(=O)NC(C)(COC)CC(=O)O)cc2ccccc21. The summed E-state index contributed by atoms with van der Waals surface area (Å²) >= 11 is 0. The summed E-state index contributed by atoms with van der Waals surface area (Å²) in [6, 6.07) is 9.65. The number of aliphatic carboxylic acids is 1. The molecule has 0 aliphatic carbocycles. The molecule has 6 nitrogen and oxygen atoms in total. The van der Waals surface area contributed by atoms with Crippen LogP contribution in [0, 0.1) is 0 Å². The average molecular weight is 332 g/mol. The number of carbonyl (C=O) groups excluding carboxylic acids is 1. The van der Waals surface area contributed by atoms with Crippen molar-refractivity contribution in [3.05, 3.63) is 36.0 Å². The van der Waals surface area contributed by atoms with E-state index in [1.165, 1.54) is 7.11 Å². The number of amides is 1. The van der Waals surface area contributed by atoms with Crippen LogP contribution in [-0.4, -0.2) is 40.8 Å². The van der Waals surface area contributed by atoms with Crippen LogP contribution < -0.4 is 5.32 Å². The number of benzene rings is 1. The van der Waals surface area contributed by atoms with Gasteiger partial charge in [-0.25, -0.2) is 0 Å². The van der Waals surface area contributed by atoms with Crippen molar-refractivity contribution in [3.8, 4) is 0 Å². The molecule has 130 valence electrons. The average Bonchev–Trinajstić information content (AvgIpc) is 2.86. The maximum Gasteiger partial charge on any atom is 0.305 e. The van der Waals surface area contributed by atoms with E-state index in [0.717, 1.165) is 23.9 Å². The summed E-state index contributed by atoms with van der Waals surface area (Å²) in [5.74, 6) is -1.27. The number of hydrogen-bond donors (Lipinski definition) is 2. The van der Waals surface area contributed by atoms with E-state index in [0.29, 0.717) is 5.69 Å². The Balaban J connectivity index is 2.36. The number of methoxy groups -OCH3 is 1.